The number of aliphatic hydroxyl groups is 1. The summed E-state index contributed by atoms with van der Waals surface area (Å²) in [6.07, 6.45) is 2.05. The van der Waals surface area contributed by atoms with Gasteiger partial charge in [0.2, 0.25) is 0 Å². The molecule has 0 saturated carbocycles. The molecule has 1 aromatic carbocycles. The molecule has 0 atom stereocenters. The lowest BCUT2D eigenvalue weighted by molar-refractivity contribution is 0.311. The van der Waals surface area contributed by atoms with Crippen LogP contribution in [0, 0.1) is 0 Å². The lowest BCUT2D eigenvalue weighted by atomic mass is 10.3. The number of nitrogens with one attached hydrogen (secondary N) is 1. The molecule has 0 aliphatic heterocycles. The molecule has 0 unspecified atom stereocenters. The van der Waals surface area contributed by atoms with Crippen LogP contribution >= 0.6 is 11.8 Å². The molecule has 0 fully saturated rings. The Balaban J connectivity index is 2.60. The Labute approximate surface area is 77.0 Å². The summed E-state index contributed by atoms with van der Waals surface area (Å²) in [4.78, 5) is 1.23. The zero-order valence-electron chi connectivity index (χ0n) is 7.08. The summed E-state index contributed by atoms with van der Waals surface area (Å²) in [5.74, 6) is 0. The van der Waals surface area contributed by atoms with E-state index in [1.165, 1.54) is 4.90 Å². The molecule has 0 bridgehead atoms. The normalized spacial score (nSPS) is 9.83. The van der Waals surface area contributed by atoms with Crippen LogP contribution in [-0.4, -0.2) is 24.5 Å². The van der Waals surface area contributed by atoms with E-state index in [4.69, 9.17) is 5.11 Å². The van der Waals surface area contributed by atoms with E-state index >= 15 is 0 Å². The Bertz CT molecular complexity index is 240. The minimum atomic E-state index is 0.170. The summed E-state index contributed by atoms with van der Waals surface area (Å²) in [5.41, 5.74) is 1.07. The highest BCUT2D eigenvalue weighted by Gasteiger charge is 1.92. The molecule has 3 heteroatoms. The van der Waals surface area contributed by atoms with E-state index in [-0.39, 0.29) is 6.61 Å². The topological polar surface area (TPSA) is 32.3 Å². The van der Waals surface area contributed by atoms with Crippen molar-refractivity contribution in [2.45, 2.75) is 4.90 Å². The number of rotatable bonds is 4. The molecule has 1 aromatic rings. The summed E-state index contributed by atoms with van der Waals surface area (Å²) in [5, 5.41) is 11.7. The van der Waals surface area contributed by atoms with E-state index in [1.807, 2.05) is 18.4 Å². The number of aliphatic hydroxyl groups excluding tert-OH is 1. The third-order valence-corrected chi connectivity index (χ3v) is 2.24. The van der Waals surface area contributed by atoms with Crippen LogP contribution in [-0.2, 0) is 0 Å². The molecule has 66 valence electrons. The second-order valence-electron chi connectivity index (χ2n) is 2.38. The van der Waals surface area contributed by atoms with E-state index in [0.717, 1.165) is 5.69 Å². The fraction of sp³-hybridized carbons (Fsp3) is 0.333. The van der Waals surface area contributed by atoms with Crippen molar-refractivity contribution in [3.8, 4) is 0 Å². The molecular weight excluding hydrogens is 170 g/mol. The van der Waals surface area contributed by atoms with Crippen LogP contribution in [0.3, 0.4) is 0 Å². The molecule has 0 saturated heterocycles. The van der Waals surface area contributed by atoms with Gasteiger partial charge < -0.3 is 10.4 Å². The van der Waals surface area contributed by atoms with Gasteiger partial charge in [-0.25, -0.2) is 0 Å². The van der Waals surface area contributed by atoms with Gasteiger partial charge in [0.1, 0.15) is 0 Å². The SMILES string of the molecule is CSc1cccc(NCCO)c1. The Morgan fingerprint density at radius 2 is 2.33 bits per heavy atom. The Hall–Kier alpha value is -0.670. The first kappa shape index (κ1) is 9.42. The number of thioether (sulfide) groups is 1. The Kier molecular flexibility index (Phi) is 3.97. The van der Waals surface area contributed by atoms with Gasteiger partial charge in [-0.05, 0) is 24.5 Å². The predicted molar refractivity (Wildman–Crippen MR) is 53.8 cm³/mol. The Morgan fingerprint density at radius 3 is 3.00 bits per heavy atom. The van der Waals surface area contributed by atoms with Crippen molar-refractivity contribution in [1.82, 2.24) is 0 Å². The monoisotopic (exact) mass is 183 g/mol. The van der Waals surface area contributed by atoms with Gasteiger partial charge in [0, 0.05) is 17.1 Å². The molecule has 0 aliphatic carbocycles. The summed E-state index contributed by atoms with van der Waals surface area (Å²) in [7, 11) is 0. The summed E-state index contributed by atoms with van der Waals surface area (Å²) >= 11 is 1.71. The van der Waals surface area contributed by atoms with E-state index in [0.29, 0.717) is 6.54 Å². The zero-order chi connectivity index (χ0) is 8.81. The van der Waals surface area contributed by atoms with Gasteiger partial charge in [0.15, 0.2) is 0 Å². The molecule has 2 N–H and O–H groups in total. The first-order valence-electron chi connectivity index (χ1n) is 3.85. The van der Waals surface area contributed by atoms with Crippen LogP contribution in [0.2, 0.25) is 0 Å². The summed E-state index contributed by atoms with van der Waals surface area (Å²) in [6.45, 7) is 0.779. The fourth-order valence-corrected chi connectivity index (χ4v) is 1.39. The number of hydrogen-bond donors (Lipinski definition) is 2. The van der Waals surface area contributed by atoms with Crippen LogP contribution in [0.15, 0.2) is 29.2 Å². The average Bonchev–Trinajstić information content (AvgIpc) is 2.15. The smallest absolute Gasteiger partial charge is 0.0604 e. The van der Waals surface area contributed by atoms with Gasteiger partial charge in [-0.15, -0.1) is 11.8 Å². The Morgan fingerprint density at radius 1 is 1.50 bits per heavy atom. The first-order chi connectivity index (χ1) is 5.86. The molecule has 0 amide bonds. The van der Waals surface area contributed by atoms with Crippen molar-refractivity contribution >= 4 is 17.4 Å². The second kappa shape index (κ2) is 5.06. The zero-order valence-corrected chi connectivity index (χ0v) is 7.90. The van der Waals surface area contributed by atoms with Gasteiger partial charge in [-0.3, -0.25) is 0 Å². The van der Waals surface area contributed by atoms with Crippen LogP contribution in [0.5, 0.6) is 0 Å². The highest BCUT2D eigenvalue weighted by molar-refractivity contribution is 7.98. The van der Waals surface area contributed by atoms with Gasteiger partial charge in [0.05, 0.1) is 6.61 Å². The predicted octanol–water partition coefficient (Wildman–Crippen LogP) is 1.81. The molecule has 12 heavy (non-hydrogen) atoms. The summed E-state index contributed by atoms with van der Waals surface area (Å²) < 4.78 is 0. The maximum absolute atomic E-state index is 8.59. The molecule has 0 radical (unpaired) electrons. The van der Waals surface area contributed by atoms with Crippen molar-refractivity contribution < 1.29 is 5.11 Å². The lowest BCUT2D eigenvalue weighted by Crippen LogP contribution is -2.04. The van der Waals surface area contributed by atoms with Crippen molar-refractivity contribution in [3.63, 3.8) is 0 Å². The molecule has 0 aliphatic rings. The van der Waals surface area contributed by atoms with E-state index in [2.05, 4.69) is 17.4 Å². The van der Waals surface area contributed by atoms with E-state index in [1.54, 1.807) is 11.8 Å². The number of hydrogen-bond acceptors (Lipinski definition) is 3. The minimum Gasteiger partial charge on any atom is -0.395 e. The van der Waals surface area contributed by atoms with Gasteiger partial charge in [0.25, 0.3) is 0 Å². The van der Waals surface area contributed by atoms with Gasteiger partial charge in [-0.1, -0.05) is 6.07 Å². The largest absolute Gasteiger partial charge is 0.395 e. The average molecular weight is 183 g/mol. The summed E-state index contributed by atoms with van der Waals surface area (Å²) in [6, 6.07) is 8.13. The third kappa shape index (κ3) is 2.75. The number of anilines is 1. The lowest BCUT2D eigenvalue weighted by Gasteiger charge is -2.04. The van der Waals surface area contributed by atoms with Crippen molar-refractivity contribution in [3.05, 3.63) is 24.3 Å². The van der Waals surface area contributed by atoms with Crippen molar-refractivity contribution in [2.24, 2.45) is 0 Å². The van der Waals surface area contributed by atoms with Crippen LogP contribution in [0.4, 0.5) is 5.69 Å². The maximum Gasteiger partial charge on any atom is 0.0604 e. The van der Waals surface area contributed by atoms with E-state index in [9.17, 15) is 0 Å². The minimum absolute atomic E-state index is 0.170. The highest BCUT2D eigenvalue weighted by Crippen LogP contribution is 2.18. The highest BCUT2D eigenvalue weighted by atomic mass is 32.2. The van der Waals surface area contributed by atoms with Gasteiger partial charge in [-0.2, -0.15) is 0 Å². The van der Waals surface area contributed by atoms with Crippen LogP contribution in [0.25, 0.3) is 0 Å². The second-order valence-corrected chi connectivity index (χ2v) is 3.26. The fourth-order valence-electron chi connectivity index (χ4n) is 0.933. The third-order valence-electron chi connectivity index (χ3n) is 1.51. The molecule has 2 nitrogen and oxygen atoms in total. The van der Waals surface area contributed by atoms with Crippen LogP contribution < -0.4 is 5.32 Å². The number of benzene rings is 1. The van der Waals surface area contributed by atoms with Crippen LogP contribution in [0.1, 0.15) is 0 Å². The maximum atomic E-state index is 8.59. The van der Waals surface area contributed by atoms with E-state index < -0.39 is 0 Å². The standard InChI is InChI=1S/C9H13NOS/c1-12-9-4-2-3-8(7-9)10-5-6-11/h2-4,7,10-11H,5-6H2,1H3. The molecular formula is C9H13NOS. The molecule has 0 aromatic heterocycles. The molecule has 0 heterocycles. The quantitative estimate of drug-likeness (QED) is 0.698. The van der Waals surface area contributed by atoms with Crippen molar-refractivity contribution in [1.29, 1.82) is 0 Å². The molecule has 0 spiro atoms. The van der Waals surface area contributed by atoms with Crippen molar-refractivity contribution in [2.75, 3.05) is 24.7 Å². The molecule has 1 rings (SSSR count). The first-order valence-corrected chi connectivity index (χ1v) is 5.08. The van der Waals surface area contributed by atoms with Gasteiger partial charge >= 0.3 is 0 Å².